The normalized spacial score (nSPS) is 10.4. The number of nitrogens with zero attached hydrogens (tertiary/aromatic N) is 2. The van der Waals surface area contributed by atoms with Crippen LogP contribution in [-0.4, -0.2) is 22.8 Å². The number of furan rings is 1. The van der Waals surface area contributed by atoms with Gasteiger partial charge in [-0.2, -0.15) is 0 Å². The molecule has 0 bridgehead atoms. The minimum absolute atomic E-state index is 0.217. The summed E-state index contributed by atoms with van der Waals surface area (Å²) >= 11 is 11.7. The van der Waals surface area contributed by atoms with Gasteiger partial charge in [0.15, 0.2) is 0 Å². The second kappa shape index (κ2) is 5.42. The van der Waals surface area contributed by atoms with E-state index in [1.165, 1.54) is 17.2 Å². The monoisotopic (exact) mass is 284 g/mol. The topological polar surface area (TPSA) is 46.3 Å². The van der Waals surface area contributed by atoms with Crippen LogP contribution in [0.1, 0.15) is 15.9 Å². The van der Waals surface area contributed by atoms with Crippen LogP contribution < -0.4 is 0 Å². The van der Waals surface area contributed by atoms with E-state index >= 15 is 0 Å². The summed E-state index contributed by atoms with van der Waals surface area (Å²) in [5, 5.41) is 0.517. The van der Waals surface area contributed by atoms with Crippen LogP contribution >= 0.6 is 23.2 Å². The van der Waals surface area contributed by atoms with Crippen molar-refractivity contribution >= 4 is 29.1 Å². The summed E-state index contributed by atoms with van der Waals surface area (Å²) in [4.78, 5) is 17.5. The van der Waals surface area contributed by atoms with Crippen molar-refractivity contribution < 1.29 is 9.21 Å². The first-order chi connectivity index (χ1) is 8.58. The van der Waals surface area contributed by atoms with Crippen molar-refractivity contribution in [1.82, 2.24) is 9.88 Å². The van der Waals surface area contributed by atoms with Crippen LogP contribution in [0.15, 0.2) is 35.3 Å². The number of aromatic nitrogens is 1. The SMILES string of the molecule is CN(Cc1ccoc1)C(=O)c1cc(Cl)ncc1Cl. The largest absolute Gasteiger partial charge is 0.472 e. The molecule has 0 aliphatic carbocycles. The Hall–Kier alpha value is -1.52. The van der Waals surface area contributed by atoms with Crippen LogP contribution in [-0.2, 0) is 6.54 Å². The fourth-order valence-corrected chi connectivity index (χ4v) is 1.85. The fourth-order valence-electron chi connectivity index (χ4n) is 1.51. The van der Waals surface area contributed by atoms with Gasteiger partial charge in [-0.05, 0) is 12.1 Å². The van der Waals surface area contributed by atoms with E-state index in [1.54, 1.807) is 25.6 Å². The Kier molecular flexibility index (Phi) is 3.89. The fraction of sp³-hybridized carbons (Fsp3) is 0.167. The summed E-state index contributed by atoms with van der Waals surface area (Å²) in [6, 6.07) is 3.25. The smallest absolute Gasteiger partial charge is 0.255 e. The molecule has 18 heavy (non-hydrogen) atoms. The molecule has 0 atom stereocenters. The standard InChI is InChI=1S/C12H10Cl2N2O2/c1-16(6-8-2-3-18-7-8)12(17)9-4-11(14)15-5-10(9)13/h2-5,7H,6H2,1H3. The molecule has 0 fully saturated rings. The first-order valence-electron chi connectivity index (χ1n) is 5.15. The van der Waals surface area contributed by atoms with E-state index in [2.05, 4.69) is 4.98 Å². The minimum atomic E-state index is -0.217. The molecule has 2 aromatic rings. The van der Waals surface area contributed by atoms with Gasteiger partial charge in [-0.1, -0.05) is 23.2 Å². The minimum Gasteiger partial charge on any atom is -0.472 e. The molecule has 4 nitrogen and oxygen atoms in total. The summed E-state index contributed by atoms with van der Waals surface area (Å²) in [6.07, 6.45) is 4.51. The highest BCUT2D eigenvalue weighted by molar-refractivity contribution is 6.35. The maximum absolute atomic E-state index is 12.2. The number of carbonyl (C=O) groups is 1. The maximum atomic E-state index is 12.2. The second-order valence-corrected chi connectivity index (χ2v) is 4.57. The van der Waals surface area contributed by atoms with E-state index in [4.69, 9.17) is 27.6 Å². The number of carbonyl (C=O) groups excluding carboxylic acids is 1. The van der Waals surface area contributed by atoms with Crippen molar-refractivity contribution in [2.45, 2.75) is 6.54 Å². The summed E-state index contributed by atoms with van der Waals surface area (Å²) in [7, 11) is 1.68. The number of pyridine rings is 1. The van der Waals surface area contributed by atoms with Gasteiger partial charge in [0.05, 0.1) is 23.1 Å². The average Bonchev–Trinajstić information content (AvgIpc) is 2.84. The molecule has 0 N–H and O–H groups in total. The van der Waals surface area contributed by atoms with Crippen LogP contribution in [0.3, 0.4) is 0 Å². The summed E-state index contributed by atoms with van der Waals surface area (Å²) in [5.41, 5.74) is 1.24. The molecule has 1 amide bonds. The van der Waals surface area contributed by atoms with Crippen LogP contribution in [0.4, 0.5) is 0 Å². The van der Waals surface area contributed by atoms with Gasteiger partial charge >= 0.3 is 0 Å². The van der Waals surface area contributed by atoms with E-state index < -0.39 is 0 Å². The zero-order valence-corrected chi connectivity index (χ0v) is 11.1. The molecule has 0 saturated carbocycles. The molecule has 0 saturated heterocycles. The van der Waals surface area contributed by atoms with Gasteiger partial charge in [0.2, 0.25) is 0 Å². The Bertz CT molecular complexity index is 555. The van der Waals surface area contributed by atoms with Gasteiger partial charge in [0, 0.05) is 25.4 Å². The summed E-state index contributed by atoms with van der Waals surface area (Å²) < 4.78 is 4.95. The van der Waals surface area contributed by atoms with E-state index in [9.17, 15) is 4.79 Å². The zero-order valence-electron chi connectivity index (χ0n) is 9.56. The third kappa shape index (κ3) is 2.83. The zero-order chi connectivity index (χ0) is 13.1. The summed E-state index contributed by atoms with van der Waals surface area (Å²) in [5.74, 6) is -0.217. The molecule has 0 aliphatic rings. The Morgan fingerprint density at radius 2 is 2.28 bits per heavy atom. The highest BCUT2D eigenvalue weighted by Crippen LogP contribution is 2.20. The molecular weight excluding hydrogens is 275 g/mol. The lowest BCUT2D eigenvalue weighted by atomic mass is 10.2. The van der Waals surface area contributed by atoms with Crippen molar-refractivity contribution in [3.05, 3.63) is 52.2 Å². The number of rotatable bonds is 3. The van der Waals surface area contributed by atoms with Crippen LogP contribution in [0.5, 0.6) is 0 Å². The third-order valence-corrected chi connectivity index (χ3v) is 2.91. The number of halogens is 2. The van der Waals surface area contributed by atoms with Gasteiger partial charge in [-0.15, -0.1) is 0 Å². The predicted octanol–water partition coefficient (Wildman–Crippen LogP) is 3.25. The molecule has 0 unspecified atom stereocenters. The third-order valence-electron chi connectivity index (χ3n) is 2.40. The van der Waals surface area contributed by atoms with Gasteiger partial charge < -0.3 is 9.32 Å². The predicted molar refractivity (Wildman–Crippen MR) is 68.8 cm³/mol. The molecule has 0 aromatic carbocycles. The molecule has 6 heteroatoms. The molecule has 0 spiro atoms. The first-order valence-corrected chi connectivity index (χ1v) is 5.91. The van der Waals surface area contributed by atoms with Crippen LogP contribution in [0.2, 0.25) is 10.2 Å². The molecule has 0 aliphatic heterocycles. The van der Waals surface area contributed by atoms with Gasteiger partial charge in [0.1, 0.15) is 5.15 Å². The molecule has 0 radical (unpaired) electrons. The van der Waals surface area contributed by atoms with Gasteiger partial charge in [0.25, 0.3) is 5.91 Å². The molecule has 94 valence electrons. The van der Waals surface area contributed by atoms with Crippen molar-refractivity contribution in [3.63, 3.8) is 0 Å². The molecular formula is C12H10Cl2N2O2. The lowest BCUT2D eigenvalue weighted by Gasteiger charge is -2.16. The Morgan fingerprint density at radius 3 is 2.94 bits per heavy atom. The van der Waals surface area contributed by atoms with E-state index in [-0.39, 0.29) is 16.1 Å². The van der Waals surface area contributed by atoms with Crippen molar-refractivity contribution in [2.24, 2.45) is 0 Å². The van der Waals surface area contributed by atoms with Crippen LogP contribution in [0.25, 0.3) is 0 Å². The summed E-state index contributed by atoms with van der Waals surface area (Å²) in [6.45, 7) is 0.436. The Labute approximate surface area is 114 Å². The molecule has 2 heterocycles. The van der Waals surface area contributed by atoms with Crippen molar-refractivity contribution in [3.8, 4) is 0 Å². The molecule has 2 aromatic heterocycles. The maximum Gasteiger partial charge on any atom is 0.255 e. The number of amides is 1. The second-order valence-electron chi connectivity index (χ2n) is 3.78. The average molecular weight is 285 g/mol. The van der Waals surface area contributed by atoms with E-state index in [0.717, 1.165) is 5.56 Å². The van der Waals surface area contributed by atoms with E-state index in [1.807, 2.05) is 0 Å². The van der Waals surface area contributed by atoms with E-state index in [0.29, 0.717) is 12.1 Å². The quantitative estimate of drug-likeness (QED) is 0.813. The number of hydrogen-bond acceptors (Lipinski definition) is 3. The number of hydrogen-bond donors (Lipinski definition) is 0. The highest BCUT2D eigenvalue weighted by Gasteiger charge is 2.16. The van der Waals surface area contributed by atoms with Crippen LogP contribution in [0, 0.1) is 0 Å². The first kappa shape index (κ1) is 12.9. The van der Waals surface area contributed by atoms with Gasteiger partial charge in [-0.25, -0.2) is 4.98 Å². The lowest BCUT2D eigenvalue weighted by Crippen LogP contribution is -2.26. The lowest BCUT2D eigenvalue weighted by molar-refractivity contribution is 0.0785. The highest BCUT2D eigenvalue weighted by atomic mass is 35.5. The molecule has 2 rings (SSSR count). The van der Waals surface area contributed by atoms with Crippen molar-refractivity contribution in [2.75, 3.05) is 7.05 Å². The van der Waals surface area contributed by atoms with Gasteiger partial charge in [-0.3, -0.25) is 4.79 Å². The van der Waals surface area contributed by atoms with Crippen molar-refractivity contribution in [1.29, 1.82) is 0 Å². The Morgan fingerprint density at radius 1 is 1.50 bits per heavy atom. The Balaban J connectivity index is 2.17.